The monoisotopic (exact) mass is 368 g/mol. The smallest absolute Gasteiger partial charge is 0.416 e. The summed E-state index contributed by atoms with van der Waals surface area (Å²) in [4.78, 5) is 17.9. The first kappa shape index (κ1) is 17.1. The average Bonchev–Trinajstić information content (AvgIpc) is 3.15. The molecule has 0 saturated carbocycles. The summed E-state index contributed by atoms with van der Waals surface area (Å²) in [5, 5.41) is 0. The highest BCUT2D eigenvalue weighted by atomic mass is 19.1. The molecule has 1 unspecified atom stereocenters. The molecule has 4 rings (SSSR count). The number of rotatable bonds is 4. The third-order valence-corrected chi connectivity index (χ3v) is 4.56. The second kappa shape index (κ2) is 6.75. The third-order valence-electron chi connectivity index (χ3n) is 4.56. The minimum absolute atomic E-state index is 0.0988. The summed E-state index contributed by atoms with van der Waals surface area (Å²) in [5.74, 6) is 0.532. The SMILES string of the molecule is Cc1cccc(CN2C(=O)Oc3cc(Oc4ncco4)ccc3C2C)c1F. The molecule has 1 aliphatic heterocycles. The van der Waals surface area contributed by atoms with Crippen LogP contribution in [-0.2, 0) is 6.54 Å². The first-order valence-corrected chi connectivity index (χ1v) is 8.46. The van der Waals surface area contributed by atoms with Crippen LogP contribution in [0.2, 0.25) is 0 Å². The van der Waals surface area contributed by atoms with E-state index >= 15 is 0 Å². The van der Waals surface area contributed by atoms with Gasteiger partial charge in [-0.25, -0.2) is 9.18 Å². The summed E-state index contributed by atoms with van der Waals surface area (Å²) in [6, 6.07) is 10.0. The Kier molecular flexibility index (Phi) is 4.27. The number of benzene rings is 2. The van der Waals surface area contributed by atoms with E-state index in [1.54, 1.807) is 37.3 Å². The van der Waals surface area contributed by atoms with Gasteiger partial charge in [-0.15, -0.1) is 0 Å². The number of aryl methyl sites for hydroxylation is 1. The van der Waals surface area contributed by atoms with Gasteiger partial charge < -0.3 is 13.9 Å². The molecule has 138 valence electrons. The van der Waals surface area contributed by atoms with Crippen molar-refractivity contribution in [3.8, 4) is 17.6 Å². The lowest BCUT2D eigenvalue weighted by molar-refractivity contribution is 0.116. The fourth-order valence-corrected chi connectivity index (χ4v) is 3.07. The topological polar surface area (TPSA) is 64.8 Å². The normalized spacial score (nSPS) is 16.0. The van der Waals surface area contributed by atoms with Crippen LogP contribution in [0.3, 0.4) is 0 Å². The lowest BCUT2D eigenvalue weighted by atomic mass is 10.0. The molecule has 1 atom stereocenters. The summed E-state index contributed by atoms with van der Waals surface area (Å²) in [7, 11) is 0. The Balaban J connectivity index is 1.59. The number of carbonyl (C=O) groups is 1. The summed E-state index contributed by atoms with van der Waals surface area (Å²) in [6.45, 7) is 3.70. The van der Waals surface area contributed by atoms with E-state index in [2.05, 4.69) is 4.98 Å². The van der Waals surface area contributed by atoms with Crippen molar-refractivity contribution in [3.05, 3.63) is 71.4 Å². The van der Waals surface area contributed by atoms with Crippen molar-refractivity contribution in [1.82, 2.24) is 9.88 Å². The van der Waals surface area contributed by atoms with Gasteiger partial charge in [-0.2, -0.15) is 4.98 Å². The second-order valence-corrected chi connectivity index (χ2v) is 6.32. The van der Waals surface area contributed by atoms with E-state index in [1.165, 1.54) is 17.4 Å². The number of carbonyl (C=O) groups excluding carboxylic acids is 1. The molecule has 2 heterocycles. The molecule has 6 nitrogen and oxygen atoms in total. The molecule has 3 aromatic rings. The van der Waals surface area contributed by atoms with Crippen LogP contribution < -0.4 is 9.47 Å². The molecule has 7 heteroatoms. The average molecular weight is 368 g/mol. The zero-order chi connectivity index (χ0) is 19.0. The van der Waals surface area contributed by atoms with Gasteiger partial charge in [0.15, 0.2) is 0 Å². The van der Waals surface area contributed by atoms with Crippen molar-refractivity contribution in [2.75, 3.05) is 0 Å². The van der Waals surface area contributed by atoms with E-state index in [9.17, 15) is 9.18 Å². The predicted molar refractivity (Wildman–Crippen MR) is 94.1 cm³/mol. The van der Waals surface area contributed by atoms with Crippen LogP contribution in [0.25, 0.3) is 0 Å². The highest BCUT2D eigenvalue weighted by Gasteiger charge is 2.32. The third kappa shape index (κ3) is 3.23. The molecular weight excluding hydrogens is 351 g/mol. The Labute approximate surface area is 155 Å². The number of halogens is 1. The van der Waals surface area contributed by atoms with Crippen molar-refractivity contribution in [3.63, 3.8) is 0 Å². The number of oxazole rings is 1. The van der Waals surface area contributed by atoms with Gasteiger partial charge in [0, 0.05) is 17.2 Å². The summed E-state index contributed by atoms with van der Waals surface area (Å²) >= 11 is 0. The maximum absolute atomic E-state index is 14.3. The lowest BCUT2D eigenvalue weighted by Gasteiger charge is -2.34. The molecule has 0 spiro atoms. The molecule has 0 bridgehead atoms. The van der Waals surface area contributed by atoms with E-state index in [0.29, 0.717) is 22.6 Å². The van der Waals surface area contributed by atoms with Crippen LogP contribution in [0.15, 0.2) is 53.3 Å². The van der Waals surface area contributed by atoms with Crippen LogP contribution in [0.5, 0.6) is 17.6 Å². The van der Waals surface area contributed by atoms with Crippen molar-refractivity contribution in [2.24, 2.45) is 0 Å². The number of fused-ring (bicyclic) bond motifs is 1. The van der Waals surface area contributed by atoms with Gasteiger partial charge in [-0.1, -0.05) is 18.2 Å². The fraction of sp³-hybridized carbons (Fsp3) is 0.200. The minimum atomic E-state index is -0.538. The largest absolute Gasteiger partial charge is 0.417 e. The molecular formula is C20H17FN2O4. The molecule has 0 radical (unpaired) electrons. The molecule has 1 aliphatic rings. The van der Waals surface area contributed by atoms with Gasteiger partial charge in [-0.3, -0.25) is 4.90 Å². The van der Waals surface area contributed by atoms with Crippen LogP contribution in [0.1, 0.15) is 29.7 Å². The Bertz CT molecular complexity index is 988. The van der Waals surface area contributed by atoms with Crippen LogP contribution in [-0.4, -0.2) is 16.0 Å². The Hall–Kier alpha value is -3.35. The number of hydrogen-bond donors (Lipinski definition) is 0. The molecule has 1 amide bonds. The van der Waals surface area contributed by atoms with Crippen molar-refractivity contribution >= 4 is 6.09 Å². The zero-order valence-electron chi connectivity index (χ0n) is 14.8. The number of aromatic nitrogens is 1. The van der Waals surface area contributed by atoms with Gasteiger partial charge in [0.25, 0.3) is 0 Å². The predicted octanol–water partition coefficient (Wildman–Crippen LogP) is 4.99. The van der Waals surface area contributed by atoms with E-state index in [-0.39, 0.29) is 24.5 Å². The number of hydrogen-bond acceptors (Lipinski definition) is 5. The van der Waals surface area contributed by atoms with Gasteiger partial charge >= 0.3 is 12.2 Å². The first-order chi connectivity index (χ1) is 13.0. The van der Waals surface area contributed by atoms with Gasteiger partial charge in [0.1, 0.15) is 23.6 Å². The van der Waals surface area contributed by atoms with Gasteiger partial charge in [0.2, 0.25) is 0 Å². The van der Waals surface area contributed by atoms with Crippen molar-refractivity contribution < 1.29 is 23.1 Å². The standard InChI is InChI=1S/C20H17FN2O4/c1-12-4-3-5-14(18(12)21)11-23-13(2)16-7-6-15(10-17(16)27-20(23)24)26-19-22-8-9-25-19/h3-10,13H,11H2,1-2H3. The Morgan fingerprint density at radius 1 is 1.30 bits per heavy atom. The highest BCUT2D eigenvalue weighted by Crippen LogP contribution is 2.38. The molecule has 0 N–H and O–H groups in total. The maximum atomic E-state index is 14.3. The Morgan fingerprint density at radius 2 is 2.15 bits per heavy atom. The van der Waals surface area contributed by atoms with Crippen LogP contribution in [0.4, 0.5) is 9.18 Å². The number of amides is 1. The molecule has 1 aromatic heterocycles. The van der Waals surface area contributed by atoms with E-state index in [4.69, 9.17) is 13.9 Å². The highest BCUT2D eigenvalue weighted by molar-refractivity contribution is 5.74. The van der Waals surface area contributed by atoms with E-state index in [1.807, 2.05) is 13.0 Å². The molecule has 2 aromatic carbocycles. The first-order valence-electron chi connectivity index (χ1n) is 8.46. The van der Waals surface area contributed by atoms with E-state index in [0.717, 1.165) is 5.56 Å². The van der Waals surface area contributed by atoms with Crippen LogP contribution in [0, 0.1) is 12.7 Å². The summed E-state index contributed by atoms with van der Waals surface area (Å²) < 4.78 is 30.3. The second-order valence-electron chi connectivity index (χ2n) is 6.32. The van der Waals surface area contributed by atoms with Crippen LogP contribution >= 0.6 is 0 Å². The Morgan fingerprint density at radius 3 is 2.93 bits per heavy atom. The molecule has 0 saturated heterocycles. The molecule has 0 fully saturated rings. The summed E-state index contributed by atoms with van der Waals surface area (Å²) in [5.41, 5.74) is 1.80. The molecule has 0 aliphatic carbocycles. The van der Waals surface area contributed by atoms with Crippen molar-refractivity contribution in [2.45, 2.75) is 26.4 Å². The lowest BCUT2D eigenvalue weighted by Crippen LogP contribution is -2.39. The summed E-state index contributed by atoms with van der Waals surface area (Å²) in [6.07, 6.45) is 2.43. The fourth-order valence-electron chi connectivity index (χ4n) is 3.07. The minimum Gasteiger partial charge on any atom is -0.417 e. The van der Waals surface area contributed by atoms with E-state index < -0.39 is 6.09 Å². The van der Waals surface area contributed by atoms with Gasteiger partial charge in [-0.05, 0) is 31.5 Å². The number of nitrogens with zero attached hydrogens (tertiary/aromatic N) is 2. The molecule has 27 heavy (non-hydrogen) atoms. The quantitative estimate of drug-likeness (QED) is 0.649. The van der Waals surface area contributed by atoms with Crippen molar-refractivity contribution in [1.29, 1.82) is 0 Å². The number of ether oxygens (including phenoxy) is 2. The van der Waals surface area contributed by atoms with Gasteiger partial charge in [0.05, 0.1) is 18.8 Å². The zero-order valence-corrected chi connectivity index (χ0v) is 14.8. The maximum Gasteiger partial charge on any atom is 0.416 e.